The molecule has 0 aromatic carbocycles. The lowest BCUT2D eigenvalue weighted by Crippen LogP contribution is -2.38. The first-order chi connectivity index (χ1) is 6.28. The minimum Gasteiger partial charge on any atom is -0.459 e. The summed E-state index contributed by atoms with van der Waals surface area (Å²) in [5.41, 5.74) is 0. The van der Waals surface area contributed by atoms with E-state index in [0.717, 1.165) is 0 Å². The Hall–Kier alpha value is 0.220. The van der Waals surface area contributed by atoms with Crippen LogP contribution >= 0.6 is 34.8 Å². The van der Waals surface area contributed by atoms with Crippen LogP contribution in [-0.4, -0.2) is 50.5 Å². The van der Waals surface area contributed by atoms with Gasteiger partial charge in [0, 0.05) is 0 Å². The molecular weight excluding hydrogens is 258 g/mol. The summed E-state index contributed by atoms with van der Waals surface area (Å²) in [4.78, 5) is 10.9. The van der Waals surface area contributed by atoms with Crippen LogP contribution in [0.25, 0.3) is 0 Å². The SMILES string of the molecule is O=C(OCC(Cl)(Cl)Cl)[C@H](O)[C@@H](O)CO. The van der Waals surface area contributed by atoms with E-state index in [4.69, 9.17) is 50.1 Å². The number of rotatable bonds is 4. The topological polar surface area (TPSA) is 87.0 Å². The van der Waals surface area contributed by atoms with Crippen LogP contribution in [0.5, 0.6) is 0 Å². The van der Waals surface area contributed by atoms with Gasteiger partial charge in [-0.1, -0.05) is 34.8 Å². The fourth-order valence-electron chi connectivity index (χ4n) is 0.495. The van der Waals surface area contributed by atoms with Crippen molar-refractivity contribution in [3.8, 4) is 0 Å². The second-order valence-electron chi connectivity index (χ2n) is 2.42. The second-order valence-corrected chi connectivity index (χ2v) is 4.93. The molecule has 0 spiro atoms. The van der Waals surface area contributed by atoms with Gasteiger partial charge in [0.2, 0.25) is 3.79 Å². The van der Waals surface area contributed by atoms with Gasteiger partial charge >= 0.3 is 5.97 Å². The van der Waals surface area contributed by atoms with E-state index in [1.54, 1.807) is 0 Å². The highest BCUT2D eigenvalue weighted by Gasteiger charge is 2.28. The molecule has 3 N–H and O–H groups in total. The van der Waals surface area contributed by atoms with E-state index in [2.05, 4.69) is 4.74 Å². The number of hydrogen-bond acceptors (Lipinski definition) is 5. The quantitative estimate of drug-likeness (QED) is 0.477. The van der Waals surface area contributed by atoms with E-state index in [-0.39, 0.29) is 0 Å². The molecular formula is C6H9Cl3O5. The van der Waals surface area contributed by atoms with E-state index in [1.807, 2.05) is 0 Å². The van der Waals surface area contributed by atoms with Crippen molar-refractivity contribution >= 4 is 40.8 Å². The lowest BCUT2D eigenvalue weighted by Gasteiger charge is -2.16. The zero-order valence-corrected chi connectivity index (χ0v) is 9.13. The first-order valence-corrected chi connectivity index (χ1v) is 4.61. The fourth-order valence-corrected chi connectivity index (χ4v) is 0.659. The largest absolute Gasteiger partial charge is 0.459 e. The standard InChI is InChI=1S/C6H9Cl3O5/c7-6(8,9)2-14-5(13)4(12)3(11)1-10/h3-4,10-12H,1-2H2/t3-,4+/m0/s1. The average Bonchev–Trinajstić information content (AvgIpc) is 2.10. The molecule has 0 heterocycles. The van der Waals surface area contributed by atoms with Crippen LogP contribution in [-0.2, 0) is 9.53 Å². The minimum absolute atomic E-state index is 0.550. The van der Waals surface area contributed by atoms with E-state index >= 15 is 0 Å². The van der Waals surface area contributed by atoms with Gasteiger partial charge in [-0.05, 0) is 0 Å². The maximum Gasteiger partial charge on any atom is 0.337 e. The van der Waals surface area contributed by atoms with Crippen molar-refractivity contribution in [2.75, 3.05) is 13.2 Å². The predicted molar refractivity (Wildman–Crippen MR) is 50.3 cm³/mol. The van der Waals surface area contributed by atoms with Crippen LogP contribution in [0.4, 0.5) is 0 Å². The van der Waals surface area contributed by atoms with Crippen molar-refractivity contribution in [3.05, 3.63) is 0 Å². The van der Waals surface area contributed by atoms with Crippen LogP contribution in [0.3, 0.4) is 0 Å². The molecule has 84 valence electrons. The Morgan fingerprint density at radius 2 is 1.86 bits per heavy atom. The van der Waals surface area contributed by atoms with Crippen molar-refractivity contribution in [2.24, 2.45) is 0 Å². The van der Waals surface area contributed by atoms with Crippen molar-refractivity contribution in [3.63, 3.8) is 0 Å². The van der Waals surface area contributed by atoms with Crippen LogP contribution in [0, 0.1) is 0 Å². The van der Waals surface area contributed by atoms with Crippen LogP contribution < -0.4 is 0 Å². The summed E-state index contributed by atoms with van der Waals surface area (Å²) in [5.74, 6) is -1.17. The molecule has 0 aromatic rings. The van der Waals surface area contributed by atoms with Gasteiger partial charge in [0.15, 0.2) is 6.10 Å². The molecule has 0 aliphatic carbocycles. The lowest BCUT2D eigenvalue weighted by atomic mass is 10.2. The van der Waals surface area contributed by atoms with Crippen molar-refractivity contribution < 1.29 is 24.9 Å². The van der Waals surface area contributed by atoms with Crippen LogP contribution in [0.1, 0.15) is 0 Å². The van der Waals surface area contributed by atoms with Gasteiger partial charge in [-0.3, -0.25) is 0 Å². The van der Waals surface area contributed by atoms with Crippen molar-refractivity contribution in [2.45, 2.75) is 16.0 Å². The maximum atomic E-state index is 10.9. The molecule has 0 amide bonds. The van der Waals surface area contributed by atoms with E-state index < -0.39 is 35.2 Å². The smallest absolute Gasteiger partial charge is 0.337 e. The summed E-state index contributed by atoms with van der Waals surface area (Å²) in [6.07, 6.45) is -3.47. The summed E-state index contributed by atoms with van der Waals surface area (Å²) in [7, 11) is 0. The minimum atomic E-state index is -1.85. The van der Waals surface area contributed by atoms with Crippen LogP contribution in [0.2, 0.25) is 0 Å². The summed E-state index contributed by atoms with van der Waals surface area (Å²) in [6, 6.07) is 0. The van der Waals surface area contributed by atoms with E-state index in [0.29, 0.717) is 0 Å². The highest BCUT2D eigenvalue weighted by atomic mass is 35.6. The molecule has 0 fully saturated rings. The van der Waals surface area contributed by atoms with E-state index in [9.17, 15) is 4.79 Å². The van der Waals surface area contributed by atoms with Crippen molar-refractivity contribution in [1.29, 1.82) is 0 Å². The number of carbonyl (C=O) groups excluding carboxylic acids is 1. The molecule has 8 heteroatoms. The van der Waals surface area contributed by atoms with E-state index in [1.165, 1.54) is 0 Å². The number of halogens is 3. The molecule has 0 saturated heterocycles. The number of aliphatic hydroxyl groups excluding tert-OH is 3. The molecule has 0 unspecified atom stereocenters. The van der Waals surface area contributed by atoms with Crippen molar-refractivity contribution in [1.82, 2.24) is 0 Å². The third-order valence-corrected chi connectivity index (χ3v) is 1.50. The summed E-state index contributed by atoms with van der Waals surface area (Å²) in [6.45, 7) is -1.32. The zero-order chi connectivity index (χ0) is 11.4. The summed E-state index contributed by atoms with van der Waals surface area (Å²) in [5, 5.41) is 26.2. The molecule has 0 saturated carbocycles. The Bertz CT molecular complexity index is 192. The van der Waals surface area contributed by atoms with Gasteiger partial charge in [-0.2, -0.15) is 0 Å². The normalized spacial score (nSPS) is 16.1. The van der Waals surface area contributed by atoms with Crippen LogP contribution in [0.15, 0.2) is 0 Å². The average molecular weight is 267 g/mol. The molecule has 0 bridgehead atoms. The Morgan fingerprint density at radius 3 is 2.21 bits per heavy atom. The molecule has 0 aliphatic rings. The molecule has 0 aliphatic heterocycles. The number of esters is 1. The number of aliphatic hydroxyl groups is 3. The number of alkyl halides is 3. The highest BCUT2D eigenvalue weighted by Crippen LogP contribution is 2.26. The Balaban J connectivity index is 3.97. The molecule has 5 nitrogen and oxygen atoms in total. The fraction of sp³-hybridized carbons (Fsp3) is 0.833. The van der Waals surface area contributed by atoms with Gasteiger partial charge in [0.05, 0.1) is 6.61 Å². The van der Waals surface area contributed by atoms with Gasteiger partial charge in [-0.15, -0.1) is 0 Å². The Kier molecular flexibility index (Phi) is 6.04. The number of ether oxygens (including phenoxy) is 1. The zero-order valence-electron chi connectivity index (χ0n) is 6.86. The highest BCUT2D eigenvalue weighted by molar-refractivity contribution is 6.67. The lowest BCUT2D eigenvalue weighted by molar-refractivity contribution is -0.161. The second kappa shape index (κ2) is 5.95. The number of hydrogen-bond donors (Lipinski definition) is 3. The molecule has 2 atom stereocenters. The van der Waals surface area contributed by atoms with Gasteiger partial charge in [0.1, 0.15) is 12.7 Å². The molecule has 14 heavy (non-hydrogen) atoms. The maximum absolute atomic E-state index is 10.9. The predicted octanol–water partition coefficient (Wildman–Crippen LogP) is -0.386. The molecule has 0 rings (SSSR count). The van der Waals surface area contributed by atoms with Gasteiger partial charge in [-0.25, -0.2) is 4.79 Å². The first-order valence-electron chi connectivity index (χ1n) is 3.48. The molecule has 0 aromatic heterocycles. The van der Waals surface area contributed by atoms with Gasteiger partial charge in [0.25, 0.3) is 0 Å². The third-order valence-electron chi connectivity index (χ3n) is 1.17. The summed E-state index contributed by atoms with van der Waals surface area (Å²) < 4.78 is 2.56. The number of carbonyl (C=O) groups is 1. The van der Waals surface area contributed by atoms with Gasteiger partial charge < -0.3 is 20.1 Å². The monoisotopic (exact) mass is 266 g/mol. The first kappa shape index (κ1) is 14.2. The Morgan fingerprint density at radius 1 is 1.36 bits per heavy atom. The third kappa shape index (κ3) is 5.85. The Labute approximate surface area is 95.1 Å². The summed E-state index contributed by atoms with van der Waals surface area (Å²) >= 11 is 15.8. The molecule has 0 radical (unpaired) electrons.